The van der Waals surface area contributed by atoms with Crippen LogP contribution in [0.5, 0.6) is 5.95 Å². The van der Waals surface area contributed by atoms with E-state index in [2.05, 4.69) is 18.8 Å². The summed E-state index contributed by atoms with van der Waals surface area (Å²) in [5.41, 5.74) is 0. The van der Waals surface area contributed by atoms with Gasteiger partial charge in [0.1, 0.15) is 6.20 Å². The lowest BCUT2D eigenvalue weighted by Crippen LogP contribution is -1.93. The monoisotopic (exact) mass is 169 g/mol. The van der Waals surface area contributed by atoms with Crippen molar-refractivity contribution in [2.75, 3.05) is 6.61 Å². The van der Waals surface area contributed by atoms with Gasteiger partial charge in [-0.1, -0.05) is 13.8 Å². The van der Waals surface area contributed by atoms with E-state index in [1.807, 2.05) is 6.92 Å². The van der Waals surface area contributed by atoms with Gasteiger partial charge in [-0.3, -0.25) is 0 Å². The van der Waals surface area contributed by atoms with Crippen LogP contribution in [0.3, 0.4) is 0 Å². The van der Waals surface area contributed by atoms with Gasteiger partial charge in [0, 0.05) is 6.42 Å². The van der Waals surface area contributed by atoms with Gasteiger partial charge in [-0.25, -0.2) is 4.98 Å². The molecule has 0 saturated heterocycles. The molecule has 1 rings (SSSR count). The van der Waals surface area contributed by atoms with Crippen molar-refractivity contribution in [3.05, 3.63) is 12.1 Å². The van der Waals surface area contributed by atoms with Crippen LogP contribution in [0.4, 0.5) is 0 Å². The summed E-state index contributed by atoms with van der Waals surface area (Å²) in [5.74, 6) is 1.85. The van der Waals surface area contributed by atoms with Gasteiger partial charge in [0.15, 0.2) is 5.89 Å². The van der Waals surface area contributed by atoms with E-state index in [0.717, 1.165) is 12.3 Å². The van der Waals surface area contributed by atoms with Crippen LogP contribution in [0.25, 0.3) is 0 Å². The van der Waals surface area contributed by atoms with Crippen LogP contribution in [0.1, 0.15) is 26.7 Å². The summed E-state index contributed by atoms with van der Waals surface area (Å²) >= 11 is 0. The lowest BCUT2D eigenvalue weighted by molar-refractivity contribution is 0.247. The first-order valence-electron chi connectivity index (χ1n) is 4.30. The molecule has 0 fully saturated rings. The smallest absolute Gasteiger partial charge is 0.305 e. The number of ether oxygens (including phenoxy) is 1. The Morgan fingerprint density at radius 3 is 2.92 bits per heavy atom. The first kappa shape index (κ1) is 9.10. The minimum atomic E-state index is 0.521. The Morgan fingerprint density at radius 2 is 2.33 bits per heavy atom. The van der Waals surface area contributed by atoms with Gasteiger partial charge in [-0.05, 0) is 12.8 Å². The first-order chi connectivity index (χ1) is 5.72. The lowest BCUT2D eigenvalue weighted by atomic mass is 10.1. The van der Waals surface area contributed by atoms with Crippen LogP contribution in [-0.4, -0.2) is 11.6 Å². The number of rotatable bonds is 4. The van der Waals surface area contributed by atoms with Gasteiger partial charge < -0.3 is 9.15 Å². The Hall–Kier alpha value is -0.990. The summed E-state index contributed by atoms with van der Waals surface area (Å²) in [6.45, 7) is 6.80. The van der Waals surface area contributed by atoms with Gasteiger partial charge in [0.2, 0.25) is 0 Å². The Bertz CT molecular complexity index is 230. The average molecular weight is 169 g/mol. The van der Waals surface area contributed by atoms with Crippen LogP contribution in [-0.2, 0) is 6.42 Å². The van der Waals surface area contributed by atoms with Gasteiger partial charge in [-0.15, -0.1) is 0 Å². The predicted molar refractivity (Wildman–Crippen MR) is 46.2 cm³/mol. The van der Waals surface area contributed by atoms with Crippen molar-refractivity contribution in [1.82, 2.24) is 4.98 Å². The average Bonchev–Trinajstić information content (AvgIpc) is 2.36. The van der Waals surface area contributed by atoms with Crippen molar-refractivity contribution in [2.45, 2.75) is 27.2 Å². The minimum absolute atomic E-state index is 0.521. The third-order valence-corrected chi connectivity index (χ3v) is 1.40. The zero-order valence-corrected chi connectivity index (χ0v) is 7.83. The van der Waals surface area contributed by atoms with E-state index in [9.17, 15) is 0 Å². The van der Waals surface area contributed by atoms with Gasteiger partial charge in [0.05, 0.1) is 6.61 Å². The molecule has 0 N–H and O–H groups in total. The molecule has 0 amide bonds. The summed E-state index contributed by atoms with van der Waals surface area (Å²) < 4.78 is 10.4. The van der Waals surface area contributed by atoms with Gasteiger partial charge in [0.25, 0.3) is 0 Å². The van der Waals surface area contributed by atoms with E-state index in [4.69, 9.17) is 9.15 Å². The maximum atomic E-state index is 5.30. The van der Waals surface area contributed by atoms with Crippen molar-refractivity contribution in [2.24, 2.45) is 5.92 Å². The lowest BCUT2D eigenvalue weighted by Gasteiger charge is -1.98. The Labute approximate surface area is 72.7 Å². The Kier molecular flexibility index (Phi) is 3.14. The maximum Gasteiger partial charge on any atom is 0.305 e. The van der Waals surface area contributed by atoms with Crippen LogP contribution < -0.4 is 4.74 Å². The molecule has 12 heavy (non-hydrogen) atoms. The van der Waals surface area contributed by atoms with E-state index < -0.39 is 0 Å². The molecule has 3 heteroatoms. The van der Waals surface area contributed by atoms with E-state index in [1.165, 1.54) is 0 Å². The van der Waals surface area contributed by atoms with Crippen molar-refractivity contribution < 1.29 is 9.15 Å². The largest absolute Gasteiger partial charge is 0.464 e. The molecule has 0 aliphatic heterocycles. The molecule has 1 aromatic heterocycles. The number of nitrogens with zero attached hydrogens (tertiary/aromatic N) is 1. The van der Waals surface area contributed by atoms with Crippen LogP contribution in [0.2, 0.25) is 0 Å². The molecule has 0 aliphatic rings. The molecule has 0 spiro atoms. The third-order valence-electron chi connectivity index (χ3n) is 1.40. The Balaban J connectivity index is 2.52. The fourth-order valence-corrected chi connectivity index (χ4v) is 0.946. The molecule has 0 atom stereocenters. The second-order valence-corrected chi connectivity index (χ2v) is 3.10. The molecule has 68 valence electrons. The normalized spacial score (nSPS) is 10.7. The molecule has 0 aromatic carbocycles. The summed E-state index contributed by atoms with van der Waals surface area (Å²) in [6, 6.07) is 0. The van der Waals surface area contributed by atoms with E-state index in [1.54, 1.807) is 6.20 Å². The van der Waals surface area contributed by atoms with Gasteiger partial charge >= 0.3 is 5.95 Å². The highest BCUT2D eigenvalue weighted by atomic mass is 16.6. The van der Waals surface area contributed by atoms with Crippen LogP contribution >= 0.6 is 0 Å². The molecule has 0 unspecified atom stereocenters. The Morgan fingerprint density at radius 1 is 1.58 bits per heavy atom. The highest BCUT2D eigenvalue weighted by Gasteiger charge is 2.05. The van der Waals surface area contributed by atoms with Crippen molar-refractivity contribution >= 4 is 0 Å². The topological polar surface area (TPSA) is 35.3 Å². The van der Waals surface area contributed by atoms with E-state index in [0.29, 0.717) is 18.5 Å². The zero-order valence-electron chi connectivity index (χ0n) is 7.83. The summed E-state index contributed by atoms with van der Waals surface area (Å²) in [7, 11) is 0. The quantitative estimate of drug-likeness (QED) is 0.693. The molecule has 3 nitrogen and oxygen atoms in total. The molecule has 0 bridgehead atoms. The number of hydrogen-bond acceptors (Lipinski definition) is 3. The molecular formula is C9H15NO2. The standard InChI is InChI=1S/C9H15NO2/c1-4-11-9-6-10-8(12-9)5-7(2)3/h6-7H,4-5H2,1-3H3. The van der Waals surface area contributed by atoms with E-state index >= 15 is 0 Å². The second kappa shape index (κ2) is 4.14. The van der Waals surface area contributed by atoms with Crippen molar-refractivity contribution in [1.29, 1.82) is 0 Å². The summed E-state index contributed by atoms with van der Waals surface area (Å²) in [6.07, 6.45) is 2.49. The molecular weight excluding hydrogens is 154 g/mol. The van der Waals surface area contributed by atoms with Crippen LogP contribution in [0.15, 0.2) is 10.6 Å². The van der Waals surface area contributed by atoms with E-state index in [-0.39, 0.29) is 0 Å². The predicted octanol–water partition coefficient (Wildman–Crippen LogP) is 2.27. The fourth-order valence-electron chi connectivity index (χ4n) is 0.946. The summed E-state index contributed by atoms with van der Waals surface area (Å²) in [4.78, 5) is 4.08. The number of aromatic nitrogens is 1. The molecule has 0 radical (unpaired) electrons. The van der Waals surface area contributed by atoms with Gasteiger partial charge in [-0.2, -0.15) is 0 Å². The second-order valence-electron chi connectivity index (χ2n) is 3.10. The molecule has 0 saturated carbocycles. The zero-order chi connectivity index (χ0) is 8.97. The highest BCUT2D eigenvalue weighted by Crippen LogP contribution is 2.14. The third kappa shape index (κ3) is 2.57. The van der Waals surface area contributed by atoms with Crippen molar-refractivity contribution in [3.63, 3.8) is 0 Å². The maximum absolute atomic E-state index is 5.30. The SMILES string of the molecule is CCOc1cnc(CC(C)C)o1. The van der Waals surface area contributed by atoms with Crippen molar-refractivity contribution in [3.8, 4) is 5.95 Å². The van der Waals surface area contributed by atoms with Crippen LogP contribution in [0, 0.1) is 5.92 Å². The number of oxazole rings is 1. The molecule has 1 heterocycles. The highest BCUT2D eigenvalue weighted by molar-refractivity contribution is 5.00. The molecule has 1 aromatic rings. The summed E-state index contributed by atoms with van der Waals surface area (Å²) in [5, 5.41) is 0. The first-order valence-corrected chi connectivity index (χ1v) is 4.30. The minimum Gasteiger partial charge on any atom is -0.464 e. The fraction of sp³-hybridized carbons (Fsp3) is 0.667. The number of hydrogen-bond donors (Lipinski definition) is 0. The molecule has 0 aliphatic carbocycles.